The highest BCUT2D eigenvalue weighted by Gasteiger charge is 2.10. The molecule has 0 fully saturated rings. The Labute approximate surface area is 166 Å². The number of carbonyl (C=O) groups excluding carboxylic acids is 1. The third-order valence-corrected chi connectivity index (χ3v) is 4.39. The van der Waals surface area contributed by atoms with Crippen molar-refractivity contribution in [1.29, 1.82) is 0 Å². The molecule has 28 heavy (non-hydrogen) atoms. The Morgan fingerprint density at radius 2 is 2.00 bits per heavy atom. The van der Waals surface area contributed by atoms with Crippen molar-refractivity contribution in [2.75, 3.05) is 17.2 Å². The average Bonchev–Trinajstić information content (AvgIpc) is 3.11. The van der Waals surface area contributed by atoms with Gasteiger partial charge in [0.15, 0.2) is 5.65 Å². The summed E-state index contributed by atoms with van der Waals surface area (Å²) in [6, 6.07) is 15.0. The van der Waals surface area contributed by atoms with Crippen molar-refractivity contribution < 1.29 is 4.79 Å². The summed E-state index contributed by atoms with van der Waals surface area (Å²) >= 11 is 5.91. The lowest BCUT2D eigenvalue weighted by Crippen LogP contribution is -2.13. The summed E-state index contributed by atoms with van der Waals surface area (Å²) in [6.07, 6.45) is 5.78. The fourth-order valence-corrected chi connectivity index (χ4v) is 2.84. The van der Waals surface area contributed by atoms with E-state index < -0.39 is 0 Å². The number of pyridine rings is 2. The van der Waals surface area contributed by atoms with Crippen LogP contribution in [0.15, 0.2) is 67.1 Å². The molecule has 2 N–H and O–H groups in total. The molecule has 0 aliphatic carbocycles. The first-order valence-electron chi connectivity index (χ1n) is 8.73. The Kier molecular flexibility index (Phi) is 5.16. The van der Waals surface area contributed by atoms with Crippen LogP contribution in [0.4, 0.5) is 11.6 Å². The maximum atomic E-state index is 12.2. The van der Waals surface area contributed by atoms with Crippen molar-refractivity contribution in [3.63, 3.8) is 0 Å². The maximum absolute atomic E-state index is 12.2. The smallest absolute Gasteiger partial charge is 0.259 e. The molecule has 8 heteroatoms. The predicted octanol–water partition coefficient (Wildman–Crippen LogP) is 3.68. The van der Waals surface area contributed by atoms with Crippen molar-refractivity contribution in [1.82, 2.24) is 19.6 Å². The minimum absolute atomic E-state index is 0.243. The second kappa shape index (κ2) is 8.06. The summed E-state index contributed by atoms with van der Waals surface area (Å²) in [5.74, 6) is -0.0579. The van der Waals surface area contributed by atoms with Gasteiger partial charge in [-0.15, -0.1) is 5.10 Å². The summed E-state index contributed by atoms with van der Waals surface area (Å²) in [4.78, 5) is 20.5. The van der Waals surface area contributed by atoms with E-state index >= 15 is 0 Å². The molecule has 4 aromatic rings. The highest BCUT2D eigenvalue weighted by atomic mass is 35.5. The number of rotatable bonds is 6. The van der Waals surface area contributed by atoms with E-state index in [0.717, 1.165) is 23.7 Å². The monoisotopic (exact) mass is 392 g/mol. The Morgan fingerprint density at radius 3 is 2.79 bits per heavy atom. The molecule has 1 aromatic carbocycles. The van der Waals surface area contributed by atoms with E-state index in [-0.39, 0.29) is 11.9 Å². The fourth-order valence-electron chi connectivity index (χ4n) is 2.72. The van der Waals surface area contributed by atoms with Crippen molar-refractivity contribution in [3.05, 3.63) is 83.3 Å². The van der Waals surface area contributed by atoms with Crippen LogP contribution in [0.5, 0.6) is 0 Å². The van der Waals surface area contributed by atoms with Crippen LogP contribution in [0.1, 0.15) is 15.9 Å². The van der Waals surface area contributed by atoms with Crippen LogP contribution in [-0.4, -0.2) is 32.0 Å². The second-order valence-corrected chi connectivity index (χ2v) is 6.59. The van der Waals surface area contributed by atoms with Gasteiger partial charge in [-0.3, -0.25) is 15.1 Å². The zero-order valence-corrected chi connectivity index (χ0v) is 15.6. The number of amides is 1. The van der Waals surface area contributed by atoms with Crippen molar-refractivity contribution in [3.8, 4) is 0 Å². The number of benzene rings is 1. The molecule has 0 radical (unpaired) electrons. The molecule has 3 aromatic heterocycles. The lowest BCUT2D eigenvalue weighted by molar-refractivity contribution is 0.102. The van der Waals surface area contributed by atoms with Gasteiger partial charge in [0.05, 0.1) is 5.56 Å². The minimum atomic E-state index is -0.301. The molecule has 3 heterocycles. The molecule has 0 saturated heterocycles. The Morgan fingerprint density at radius 1 is 1.14 bits per heavy atom. The van der Waals surface area contributed by atoms with Gasteiger partial charge in [0.25, 0.3) is 5.91 Å². The molecule has 7 nitrogen and oxygen atoms in total. The number of hydrogen-bond donors (Lipinski definition) is 2. The third kappa shape index (κ3) is 4.27. The van der Waals surface area contributed by atoms with Crippen LogP contribution in [0, 0.1) is 0 Å². The number of anilines is 2. The molecule has 0 unspecified atom stereocenters. The van der Waals surface area contributed by atoms with Crippen LogP contribution in [0.25, 0.3) is 5.65 Å². The van der Waals surface area contributed by atoms with Gasteiger partial charge in [-0.2, -0.15) is 4.98 Å². The molecule has 0 aliphatic rings. The maximum Gasteiger partial charge on any atom is 0.259 e. The van der Waals surface area contributed by atoms with Crippen LogP contribution in [-0.2, 0) is 6.42 Å². The molecule has 140 valence electrons. The predicted molar refractivity (Wildman–Crippen MR) is 109 cm³/mol. The Balaban J connectivity index is 1.40. The number of carbonyl (C=O) groups is 1. The lowest BCUT2D eigenvalue weighted by atomic mass is 10.1. The number of hydrogen-bond acceptors (Lipinski definition) is 5. The third-order valence-electron chi connectivity index (χ3n) is 4.14. The minimum Gasteiger partial charge on any atom is -0.385 e. The lowest BCUT2D eigenvalue weighted by Gasteiger charge is -2.06. The van der Waals surface area contributed by atoms with Gasteiger partial charge < -0.3 is 5.32 Å². The van der Waals surface area contributed by atoms with E-state index in [4.69, 9.17) is 11.6 Å². The molecule has 1 amide bonds. The molecule has 0 saturated carbocycles. The van der Waals surface area contributed by atoms with E-state index in [0.29, 0.717) is 11.2 Å². The first-order chi connectivity index (χ1) is 13.7. The zero-order valence-electron chi connectivity index (χ0n) is 14.8. The first-order valence-corrected chi connectivity index (χ1v) is 9.11. The van der Waals surface area contributed by atoms with Crippen molar-refractivity contribution in [2.45, 2.75) is 6.42 Å². The summed E-state index contributed by atoms with van der Waals surface area (Å²) in [5, 5.41) is 11.1. The van der Waals surface area contributed by atoms with Gasteiger partial charge in [0.2, 0.25) is 5.95 Å². The Bertz CT molecular complexity index is 1090. The molecule has 0 spiro atoms. The van der Waals surface area contributed by atoms with Crippen molar-refractivity contribution >= 4 is 34.8 Å². The van der Waals surface area contributed by atoms with Gasteiger partial charge in [-0.1, -0.05) is 23.7 Å². The van der Waals surface area contributed by atoms with Gasteiger partial charge in [-0.05, 0) is 42.3 Å². The Hall–Kier alpha value is -3.45. The van der Waals surface area contributed by atoms with Gasteiger partial charge in [0, 0.05) is 41.9 Å². The largest absolute Gasteiger partial charge is 0.385 e. The molecule has 4 rings (SSSR count). The molecule has 0 aliphatic heterocycles. The van der Waals surface area contributed by atoms with E-state index in [1.54, 1.807) is 29.0 Å². The quantitative estimate of drug-likeness (QED) is 0.523. The summed E-state index contributed by atoms with van der Waals surface area (Å²) in [7, 11) is 0. The van der Waals surface area contributed by atoms with E-state index in [1.165, 1.54) is 11.8 Å². The molecular formula is C20H17ClN6O. The summed E-state index contributed by atoms with van der Waals surface area (Å²) in [5.41, 5.74) is 3.23. The van der Waals surface area contributed by atoms with Crippen LogP contribution >= 0.6 is 11.6 Å². The number of aromatic nitrogens is 4. The topological polar surface area (TPSA) is 84.2 Å². The summed E-state index contributed by atoms with van der Waals surface area (Å²) in [6.45, 7) is 0.774. The molecule has 0 bridgehead atoms. The normalized spacial score (nSPS) is 10.8. The van der Waals surface area contributed by atoms with Crippen LogP contribution < -0.4 is 10.6 Å². The molecular weight excluding hydrogens is 376 g/mol. The van der Waals surface area contributed by atoms with Gasteiger partial charge in [0.1, 0.15) is 0 Å². The number of fused-ring (bicyclic) bond motifs is 1. The van der Waals surface area contributed by atoms with Crippen LogP contribution in [0.3, 0.4) is 0 Å². The van der Waals surface area contributed by atoms with Gasteiger partial charge in [-0.25, -0.2) is 4.52 Å². The zero-order chi connectivity index (χ0) is 19.3. The molecule has 0 atom stereocenters. The average molecular weight is 393 g/mol. The number of nitrogens with zero attached hydrogens (tertiary/aromatic N) is 4. The van der Waals surface area contributed by atoms with E-state index in [1.807, 2.05) is 36.4 Å². The van der Waals surface area contributed by atoms with Crippen LogP contribution in [0.2, 0.25) is 5.02 Å². The summed E-state index contributed by atoms with van der Waals surface area (Å²) < 4.78 is 1.61. The van der Waals surface area contributed by atoms with E-state index in [2.05, 4.69) is 25.7 Å². The first kappa shape index (κ1) is 17.9. The highest BCUT2D eigenvalue weighted by molar-refractivity contribution is 6.30. The highest BCUT2D eigenvalue weighted by Crippen LogP contribution is 2.14. The van der Waals surface area contributed by atoms with E-state index in [9.17, 15) is 4.79 Å². The number of halogens is 1. The fraction of sp³-hybridized carbons (Fsp3) is 0.100. The SMILES string of the molecule is O=C(Nc1nc2cc(NCCc3ccc(Cl)cc3)ccn2n1)c1cccnc1. The standard InChI is InChI=1S/C20H17ClN6O/c21-16-5-3-14(4-6-16)7-10-23-17-8-11-27-18(12-17)24-20(26-27)25-19(28)15-2-1-9-22-13-15/h1-6,8-9,11-13,23H,7,10H2,(H,25,26,28). The van der Waals surface area contributed by atoms with Crippen molar-refractivity contribution in [2.24, 2.45) is 0 Å². The second-order valence-electron chi connectivity index (χ2n) is 6.15. The number of nitrogens with one attached hydrogen (secondary N) is 2. The van der Waals surface area contributed by atoms with Gasteiger partial charge >= 0.3 is 0 Å².